The third kappa shape index (κ3) is 37.2. The van der Waals surface area contributed by atoms with E-state index in [0.717, 1.165) is 50.3 Å². The number of pyridine rings is 2. The van der Waals surface area contributed by atoms with Gasteiger partial charge in [0, 0.05) is 103 Å². The lowest BCUT2D eigenvalue weighted by Crippen LogP contribution is -2.37. The second kappa shape index (κ2) is 63.8. The molecule has 6 amide bonds. The highest BCUT2D eigenvalue weighted by Crippen LogP contribution is 2.40. The zero-order chi connectivity index (χ0) is 103. The molecule has 0 aliphatic carbocycles. The molecule has 0 saturated carbocycles. The van der Waals surface area contributed by atoms with Gasteiger partial charge in [0.1, 0.15) is 44.0 Å². The molecule has 13 rings (SSSR count). The summed E-state index contributed by atoms with van der Waals surface area (Å²) in [5.41, 5.74) is 14.6. The number of amides is 6. The molecule has 1 fully saturated rings. The molecule has 145 heavy (non-hydrogen) atoms. The van der Waals surface area contributed by atoms with Gasteiger partial charge in [0.25, 0.3) is 46.6 Å². The van der Waals surface area contributed by atoms with Gasteiger partial charge in [0.15, 0.2) is 34.5 Å². The van der Waals surface area contributed by atoms with Gasteiger partial charge in [-0.1, -0.05) is 287 Å². The molecule has 0 unspecified atom stereocenters. The number of carbonyl (C=O) groups is 6. The van der Waals surface area contributed by atoms with Gasteiger partial charge < -0.3 is 104 Å². The average Bonchev–Trinajstić information content (AvgIpc) is 1.47. The molecule has 10 aromatic carbocycles. The number of hydrogen-bond acceptors (Lipinski definition) is 24. The van der Waals surface area contributed by atoms with E-state index in [-0.39, 0.29) is 157 Å². The van der Waals surface area contributed by atoms with Crippen molar-refractivity contribution < 1.29 is 76.1 Å². The Balaban J connectivity index is 0.000000231. The summed E-state index contributed by atoms with van der Waals surface area (Å²) in [4.78, 5) is 112. The van der Waals surface area contributed by atoms with Gasteiger partial charge in [-0.25, -0.2) is 0 Å². The predicted molar refractivity (Wildman–Crippen MR) is 571 cm³/mol. The fourth-order valence-corrected chi connectivity index (χ4v) is 16.0. The lowest BCUT2D eigenvalue weighted by atomic mass is 10.1. The molecule has 9 N–H and O–H groups in total. The standard InChI is InChI=1S/C52H57N5O9.C30H32N2O6S2.C25H30N4O3.C6H15N/c1-38-33-45(48(66-37-42-21-13-6-14-22-42)52(61)57(38)34-39-15-7-3-8-16-39)51(60)55-28-26-53-25-27-54-49(58)43-23-24-44(50(59)56-29-30-63-32-31-62-2)47(65-36-41-19-11-5-12-20-41)46(43)64-35-40-17-9-4-10-18-40;1-35-17-18-36-16-14-31-28(33)24-12-13-25(29(34)32-15-19-40-30(32)39)27(38-21-23-10-6-3-7-11-23)26(24)37-20-22-8-4-2-5-9-22;1-19-16-22(24(30)28-15-14-27-13-12-26)23(32-18-21-10-6-3-7-11-21)25(31)29(19)17-20-8-4-2-5-9-20;1-4-7(5-2)6-3/h3-24,33,53H,25-32,34-37H2,1-2H3,(H,54,58)(H,55,60)(H,56,59);2-13H,14-21H2,1H3,(H,31,33);2-11,16,27H,12-15,17-18,26H2,1H3,(H,28,30);4-6H2,1-3H3. The molecule has 1 saturated heterocycles. The van der Waals surface area contributed by atoms with Crippen LogP contribution in [0.5, 0.6) is 34.5 Å². The Morgan fingerprint density at radius 2 is 0.607 bits per heavy atom. The number of hydrogen-bond donors (Lipinski definition) is 8. The number of nitrogens with zero attached hydrogens (tertiary/aromatic N) is 4. The first-order valence-corrected chi connectivity index (χ1v) is 50.0. The summed E-state index contributed by atoms with van der Waals surface area (Å²) < 4.78 is 61.9. The number of aromatic nitrogens is 2. The van der Waals surface area contributed by atoms with Crippen LogP contribution in [0.3, 0.4) is 0 Å². The first-order chi connectivity index (χ1) is 70.8. The van der Waals surface area contributed by atoms with Crippen molar-refractivity contribution in [3.63, 3.8) is 0 Å². The van der Waals surface area contributed by atoms with Crippen molar-refractivity contribution in [2.24, 2.45) is 5.73 Å². The van der Waals surface area contributed by atoms with Gasteiger partial charge in [0.05, 0.1) is 86.1 Å². The molecule has 2 aromatic heterocycles. The quantitative estimate of drug-likeness (QED) is 0.0130. The first-order valence-electron chi connectivity index (χ1n) is 48.6. The Kier molecular flexibility index (Phi) is 49.6. The minimum atomic E-state index is -0.443. The van der Waals surface area contributed by atoms with E-state index in [1.54, 1.807) is 71.6 Å². The van der Waals surface area contributed by atoms with Gasteiger partial charge in [-0.05, 0) is 114 Å². The van der Waals surface area contributed by atoms with Gasteiger partial charge in [-0.2, -0.15) is 0 Å². The highest BCUT2D eigenvalue weighted by molar-refractivity contribution is 8.23. The highest BCUT2D eigenvalue weighted by Gasteiger charge is 2.33. The summed E-state index contributed by atoms with van der Waals surface area (Å²) >= 11 is 6.88. The molecule has 1 aliphatic rings. The first kappa shape index (κ1) is 113. The number of methoxy groups -OCH3 is 2. The lowest BCUT2D eigenvalue weighted by molar-refractivity contribution is 0.0691. The van der Waals surface area contributed by atoms with E-state index in [0.29, 0.717) is 114 Å². The summed E-state index contributed by atoms with van der Waals surface area (Å²) in [5, 5.41) is 20.8. The van der Waals surface area contributed by atoms with Crippen LogP contribution < -0.4 is 82.5 Å². The zero-order valence-corrected chi connectivity index (χ0v) is 85.2. The van der Waals surface area contributed by atoms with Crippen molar-refractivity contribution >= 4 is 63.7 Å². The fraction of sp³-hybridized carbons (Fsp3) is 0.319. The number of ether oxygens (including phenoxy) is 10. The Morgan fingerprint density at radius 1 is 0.338 bits per heavy atom. The highest BCUT2D eigenvalue weighted by atomic mass is 32.2. The minimum absolute atomic E-state index is 0.0220. The van der Waals surface area contributed by atoms with Crippen molar-refractivity contribution in [1.82, 2.24) is 56.2 Å². The monoisotopic (exact) mass is 2010 g/mol. The summed E-state index contributed by atoms with van der Waals surface area (Å²) in [6.45, 7) is 22.2. The van der Waals surface area contributed by atoms with Crippen LogP contribution in [0.1, 0.15) is 139 Å². The number of thioether (sulfide) groups is 1. The van der Waals surface area contributed by atoms with Gasteiger partial charge in [-0.15, -0.1) is 0 Å². The van der Waals surface area contributed by atoms with Crippen molar-refractivity contribution in [1.29, 1.82) is 0 Å². The summed E-state index contributed by atoms with van der Waals surface area (Å²) in [6.07, 6.45) is 0. The van der Waals surface area contributed by atoms with Crippen LogP contribution in [-0.4, -0.2) is 210 Å². The van der Waals surface area contributed by atoms with E-state index >= 15 is 0 Å². The van der Waals surface area contributed by atoms with Crippen LogP contribution in [0.25, 0.3) is 0 Å². The molecular weight excluding hydrogens is 1880 g/mol. The summed E-state index contributed by atoms with van der Waals surface area (Å²) in [5.74, 6) is -0.866. The van der Waals surface area contributed by atoms with E-state index in [2.05, 4.69) is 62.9 Å². The van der Waals surface area contributed by atoms with E-state index in [9.17, 15) is 38.4 Å². The maximum Gasteiger partial charge on any atom is 0.294 e. The molecule has 766 valence electrons. The number of nitrogens with one attached hydrogen (secondary N) is 7. The molecule has 3 heterocycles. The van der Waals surface area contributed by atoms with Crippen molar-refractivity contribution in [2.45, 2.75) is 87.3 Å². The van der Waals surface area contributed by atoms with Crippen molar-refractivity contribution in [3.05, 3.63) is 389 Å². The molecule has 30 nitrogen and oxygen atoms in total. The molecule has 32 heteroatoms. The van der Waals surface area contributed by atoms with Crippen LogP contribution in [-0.2, 0) is 71.7 Å². The molecule has 0 radical (unpaired) electrons. The Morgan fingerprint density at radius 3 is 0.883 bits per heavy atom. The topological polar surface area (TPSA) is 355 Å². The molecular formula is C113H134N12O18S2. The third-order valence-electron chi connectivity index (χ3n) is 22.7. The Labute approximate surface area is 858 Å². The van der Waals surface area contributed by atoms with Crippen LogP contribution in [0, 0.1) is 13.8 Å². The van der Waals surface area contributed by atoms with E-state index in [4.69, 9.17) is 65.3 Å². The minimum Gasteiger partial charge on any atom is -0.484 e. The largest absolute Gasteiger partial charge is 0.484 e. The van der Waals surface area contributed by atoms with Crippen LogP contribution in [0.2, 0.25) is 0 Å². The molecule has 12 aromatic rings. The molecule has 1 aliphatic heterocycles. The number of thiocarbonyl (C=S) groups is 1. The normalized spacial score (nSPS) is 11.3. The molecule has 0 bridgehead atoms. The van der Waals surface area contributed by atoms with E-state index < -0.39 is 23.3 Å². The average molecular weight is 2010 g/mol. The molecule has 0 spiro atoms. The molecule has 0 atom stereocenters. The second-order valence-electron chi connectivity index (χ2n) is 33.1. The maximum atomic E-state index is 13.9. The maximum absolute atomic E-state index is 13.9. The number of carbonyl (C=O) groups excluding carboxylic acids is 6. The smallest absolute Gasteiger partial charge is 0.294 e. The Hall–Kier alpha value is -14.2. The zero-order valence-electron chi connectivity index (χ0n) is 83.6. The number of benzene rings is 10. The van der Waals surface area contributed by atoms with Crippen molar-refractivity contribution in [2.75, 3.05) is 151 Å². The number of nitrogens with two attached hydrogens (primary N) is 1. The van der Waals surface area contributed by atoms with Crippen LogP contribution >= 0.6 is 24.0 Å². The summed E-state index contributed by atoms with van der Waals surface area (Å²) in [7, 11) is 3.19. The Bertz CT molecular complexity index is 6100. The van der Waals surface area contributed by atoms with Gasteiger partial charge >= 0.3 is 0 Å². The van der Waals surface area contributed by atoms with Crippen molar-refractivity contribution in [3.8, 4) is 34.5 Å². The second-order valence-corrected chi connectivity index (χ2v) is 34.8. The predicted octanol–water partition coefficient (Wildman–Crippen LogP) is 14.2. The van der Waals surface area contributed by atoms with E-state index in [1.807, 2.05) is 250 Å². The number of aryl methyl sites for hydroxylation is 2. The van der Waals surface area contributed by atoms with Gasteiger partial charge in [0.2, 0.25) is 0 Å². The number of rotatable bonds is 54. The van der Waals surface area contributed by atoms with Gasteiger partial charge in [-0.3, -0.25) is 43.3 Å². The van der Waals surface area contributed by atoms with E-state index in [1.165, 1.54) is 31.4 Å². The lowest BCUT2D eigenvalue weighted by Gasteiger charge is -2.22. The summed E-state index contributed by atoms with van der Waals surface area (Å²) in [6, 6.07) is 86.3. The van der Waals surface area contributed by atoms with Crippen LogP contribution in [0.4, 0.5) is 0 Å². The fourth-order valence-electron chi connectivity index (χ4n) is 14.8. The SMILES string of the molecule is CCN(CC)CC.COCCOCCNC(=O)c1ccc(C(=O)N2CCSC2=S)c(OCc2ccccc2)c1OCc1ccccc1.COCCOCCNC(=O)c1ccc(C(=O)NCCNCCNC(=O)c2cc(C)n(Cc3ccccc3)c(=O)c2OCc2ccccc2)c(OCc2ccccc2)c1OCc1ccccc1.Cc1cc(C(=O)NCCNCCN)c(OCc2ccccc2)c(=O)n1Cc1ccccc1. The van der Waals surface area contributed by atoms with Crippen LogP contribution in [0.15, 0.2) is 289 Å². The third-order valence-corrected chi connectivity index (χ3v) is 24.1.